The molecule has 0 aliphatic carbocycles. The predicted molar refractivity (Wildman–Crippen MR) is 106 cm³/mol. The van der Waals surface area contributed by atoms with E-state index in [2.05, 4.69) is 27.9 Å². The number of sulfonamides is 1. The highest BCUT2D eigenvalue weighted by atomic mass is 127. The van der Waals surface area contributed by atoms with Crippen LogP contribution in [0.2, 0.25) is 10.0 Å². The molecule has 0 aliphatic rings. The molecule has 0 aromatic heterocycles. The van der Waals surface area contributed by atoms with E-state index in [1.54, 1.807) is 12.1 Å². The largest absolute Gasteiger partial charge is 0.325 e. The fourth-order valence-electron chi connectivity index (χ4n) is 1.93. The maximum absolute atomic E-state index is 12.2. The van der Waals surface area contributed by atoms with E-state index in [0.717, 1.165) is 14.1 Å². The monoisotopic (exact) mass is 498 g/mol. The number of halogens is 3. The Balaban J connectivity index is 2.23. The summed E-state index contributed by atoms with van der Waals surface area (Å²) in [5.41, 5.74) is 0.775. The van der Waals surface area contributed by atoms with E-state index in [1.807, 2.05) is 12.1 Å². The second kappa shape index (κ2) is 7.90. The van der Waals surface area contributed by atoms with Gasteiger partial charge in [0.2, 0.25) is 15.9 Å². The number of carbonyl (C=O) groups is 1. The number of nitrogens with zero attached hydrogens (tertiary/aromatic N) is 1. The molecule has 0 aliphatic heterocycles. The number of amides is 1. The van der Waals surface area contributed by atoms with Crippen molar-refractivity contribution in [2.45, 2.75) is 0 Å². The Morgan fingerprint density at radius 3 is 2.33 bits per heavy atom. The van der Waals surface area contributed by atoms with Crippen molar-refractivity contribution in [1.29, 1.82) is 0 Å². The Kier molecular flexibility index (Phi) is 6.35. The van der Waals surface area contributed by atoms with Gasteiger partial charge < -0.3 is 5.32 Å². The van der Waals surface area contributed by atoms with Crippen LogP contribution in [0.4, 0.5) is 11.4 Å². The van der Waals surface area contributed by atoms with Crippen LogP contribution in [0.25, 0.3) is 0 Å². The molecule has 1 amide bonds. The third-order valence-corrected chi connectivity index (χ3v) is 5.38. The molecule has 0 atom stereocenters. The van der Waals surface area contributed by atoms with E-state index >= 15 is 0 Å². The lowest BCUT2D eigenvalue weighted by Crippen LogP contribution is -2.37. The molecule has 0 heterocycles. The van der Waals surface area contributed by atoms with Crippen LogP contribution in [-0.4, -0.2) is 27.1 Å². The first kappa shape index (κ1) is 19.3. The molecule has 2 aromatic rings. The van der Waals surface area contributed by atoms with E-state index < -0.39 is 22.5 Å². The minimum atomic E-state index is -3.70. The zero-order valence-corrected chi connectivity index (χ0v) is 16.9. The number of benzene rings is 2. The van der Waals surface area contributed by atoms with E-state index in [4.69, 9.17) is 23.2 Å². The molecule has 0 radical (unpaired) electrons. The lowest BCUT2D eigenvalue weighted by molar-refractivity contribution is -0.114. The van der Waals surface area contributed by atoms with Crippen LogP contribution < -0.4 is 9.62 Å². The summed E-state index contributed by atoms with van der Waals surface area (Å²) in [7, 11) is -3.70. The SMILES string of the molecule is CS(=O)(=O)N(CC(=O)Nc1ccc(I)cc1)c1ccc(Cl)cc1Cl. The molecule has 1 N–H and O–H groups in total. The molecule has 0 saturated carbocycles. The van der Waals surface area contributed by atoms with Crippen LogP contribution >= 0.6 is 45.8 Å². The molecule has 24 heavy (non-hydrogen) atoms. The van der Waals surface area contributed by atoms with Crippen LogP contribution in [0.1, 0.15) is 0 Å². The summed E-state index contributed by atoms with van der Waals surface area (Å²) in [5, 5.41) is 3.18. The standard InChI is InChI=1S/C15H13Cl2IN2O3S/c1-24(22,23)20(14-7-2-10(16)8-13(14)17)9-15(21)19-12-5-3-11(18)4-6-12/h2-8H,9H2,1H3,(H,19,21). The molecular weight excluding hydrogens is 486 g/mol. The third-order valence-electron chi connectivity index (χ3n) is 2.99. The fourth-order valence-corrected chi connectivity index (χ4v) is 3.72. The zero-order chi connectivity index (χ0) is 17.9. The highest BCUT2D eigenvalue weighted by molar-refractivity contribution is 14.1. The van der Waals surface area contributed by atoms with Gasteiger partial charge in [-0.25, -0.2) is 8.42 Å². The third kappa shape index (κ3) is 5.23. The number of anilines is 2. The maximum atomic E-state index is 12.2. The van der Waals surface area contributed by atoms with Crippen molar-refractivity contribution in [2.24, 2.45) is 0 Å². The first-order valence-corrected chi connectivity index (χ1v) is 10.3. The predicted octanol–water partition coefficient (Wildman–Crippen LogP) is 4.00. The Morgan fingerprint density at radius 1 is 1.17 bits per heavy atom. The van der Waals surface area contributed by atoms with Crippen LogP contribution in [0.15, 0.2) is 42.5 Å². The molecule has 0 saturated heterocycles. The van der Waals surface area contributed by atoms with Gasteiger partial charge in [-0.15, -0.1) is 0 Å². The summed E-state index contributed by atoms with van der Waals surface area (Å²) in [4.78, 5) is 12.2. The van der Waals surface area contributed by atoms with E-state index in [9.17, 15) is 13.2 Å². The first-order chi connectivity index (χ1) is 11.2. The van der Waals surface area contributed by atoms with Gasteiger partial charge in [0.15, 0.2) is 0 Å². The smallest absolute Gasteiger partial charge is 0.245 e. The van der Waals surface area contributed by atoms with Gasteiger partial charge in [0.05, 0.1) is 17.0 Å². The van der Waals surface area contributed by atoms with Crippen LogP contribution in [0.3, 0.4) is 0 Å². The highest BCUT2D eigenvalue weighted by Crippen LogP contribution is 2.30. The highest BCUT2D eigenvalue weighted by Gasteiger charge is 2.23. The molecule has 0 bridgehead atoms. The second-order valence-electron chi connectivity index (χ2n) is 4.92. The van der Waals surface area contributed by atoms with Crippen LogP contribution in [0, 0.1) is 3.57 Å². The summed E-state index contributed by atoms with van der Waals surface area (Å²) in [5.74, 6) is -0.479. The first-order valence-electron chi connectivity index (χ1n) is 6.65. The van der Waals surface area contributed by atoms with Crippen molar-refractivity contribution >= 4 is 73.1 Å². The Labute approximate surface area is 164 Å². The van der Waals surface area contributed by atoms with Gasteiger partial charge in [0.1, 0.15) is 6.54 Å². The van der Waals surface area contributed by atoms with Gasteiger partial charge in [-0.2, -0.15) is 0 Å². The molecule has 128 valence electrons. The number of hydrogen-bond donors (Lipinski definition) is 1. The number of nitrogens with one attached hydrogen (secondary N) is 1. The van der Waals surface area contributed by atoms with E-state index in [-0.39, 0.29) is 10.7 Å². The molecule has 0 spiro atoms. The van der Waals surface area contributed by atoms with Gasteiger partial charge in [0.25, 0.3) is 0 Å². The lowest BCUT2D eigenvalue weighted by atomic mass is 10.3. The van der Waals surface area contributed by atoms with Crippen molar-refractivity contribution in [1.82, 2.24) is 0 Å². The average molecular weight is 499 g/mol. The summed E-state index contributed by atoms with van der Waals surface area (Å²) >= 11 is 14.0. The van der Waals surface area contributed by atoms with Crippen LogP contribution in [0.5, 0.6) is 0 Å². The minimum Gasteiger partial charge on any atom is -0.325 e. The minimum absolute atomic E-state index is 0.148. The zero-order valence-electron chi connectivity index (χ0n) is 12.5. The molecule has 0 unspecified atom stereocenters. The quantitative estimate of drug-likeness (QED) is 0.633. The van der Waals surface area contributed by atoms with Gasteiger partial charge in [-0.3, -0.25) is 9.10 Å². The summed E-state index contributed by atoms with van der Waals surface area (Å²) in [6.45, 7) is -0.397. The topological polar surface area (TPSA) is 66.5 Å². The van der Waals surface area contributed by atoms with Gasteiger partial charge in [-0.1, -0.05) is 23.2 Å². The fraction of sp³-hybridized carbons (Fsp3) is 0.133. The molecule has 2 rings (SSSR count). The molecular formula is C15H13Cl2IN2O3S. The van der Waals surface area contributed by atoms with Crippen molar-refractivity contribution in [3.8, 4) is 0 Å². The summed E-state index contributed by atoms with van der Waals surface area (Å²) < 4.78 is 26.1. The molecule has 0 fully saturated rings. The molecule has 5 nitrogen and oxygen atoms in total. The number of rotatable bonds is 5. The maximum Gasteiger partial charge on any atom is 0.245 e. The van der Waals surface area contributed by atoms with E-state index in [1.165, 1.54) is 18.2 Å². The van der Waals surface area contributed by atoms with Crippen molar-refractivity contribution in [3.63, 3.8) is 0 Å². The number of carbonyl (C=O) groups excluding carboxylic acids is 1. The van der Waals surface area contributed by atoms with Gasteiger partial charge in [0, 0.05) is 14.3 Å². The van der Waals surface area contributed by atoms with Crippen molar-refractivity contribution in [2.75, 3.05) is 22.4 Å². The second-order valence-corrected chi connectivity index (χ2v) is 8.92. The van der Waals surface area contributed by atoms with Gasteiger partial charge >= 0.3 is 0 Å². The normalized spacial score (nSPS) is 11.2. The molecule has 9 heteroatoms. The Hall–Kier alpha value is -1.03. The van der Waals surface area contributed by atoms with Crippen molar-refractivity contribution in [3.05, 3.63) is 56.1 Å². The lowest BCUT2D eigenvalue weighted by Gasteiger charge is -2.23. The summed E-state index contributed by atoms with van der Waals surface area (Å²) in [6.07, 6.45) is 1.01. The Bertz CT molecular complexity index is 858. The number of hydrogen-bond acceptors (Lipinski definition) is 3. The van der Waals surface area contributed by atoms with Gasteiger partial charge in [-0.05, 0) is 65.1 Å². The van der Waals surface area contributed by atoms with Crippen LogP contribution in [-0.2, 0) is 14.8 Å². The molecule has 2 aromatic carbocycles. The van der Waals surface area contributed by atoms with E-state index in [0.29, 0.717) is 10.7 Å². The summed E-state index contributed by atoms with van der Waals surface area (Å²) in [6, 6.07) is 11.5. The Morgan fingerprint density at radius 2 is 1.79 bits per heavy atom. The van der Waals surface area contributed by atoms with Crippen molar-refractivity contribution < 1.29 is 13.2 Å². The average Bonchev–Trinajstić information content (AvgIpc) is 2.47.